The van der Waals surface area contributed by atoms with Crippen molar-refractivity contribution >= 4 is 23.5 Å². The Morgan fingerprint density at radius 2 is 2.21 bits per heavy atom. The second-order valence-corrected chi connectivity index (χ2v) is 8.87. The van der Waals surface area contributed by atoms with Gasteiger partial charge in [-0.05, 0) is 38.7 Å². The topological polar surface area (TPSA) is 118 Å². The van der Waals surface area contributed by atoms with Crippen LogP contribution in [0.3, 0.4) is 0 Å². The third-order valence-electron chi connectivity index (χ3n) is 6.12. The minimum atomic E-state index is -2.61. The first-order valence-electron chi connectivity index (χ1n) is 11.0. The van der Waals surface area contributed by atoms with Crippen molar-refractivity contribution in [2.24, 2.45) is 0 Å². The predicted octanol–water partition coefficient (Wildman–Crippen LogP) is 3.70. The van der Waals surface area contributed by atoms with Gasteiger partial charge in [-0.25, -0.2) is 22.9 Å². The van der Waals surface area contributed by atoms with Crippen molar-refractivity contribution in [1.82, 2.24) is 29.9 Å². The molecule has 3 aromatic heterocycles. The highest BCUT2D eigenvalue weighted by Gasteiger charge is 2.43. The second-order valence-electron chi connectivity index (χ2n) is 8.87. The number of nitrogens with zero attached hydrogens (tertiary/aromatic N) is 4. The van der Waals surface area contributed by atoms with Gasteiger partial charge >= 0.3 is 6.09 Å². The van der Waals surface area contributed by atoms with Gasteiger partial charge in [0.25, 0.3) is 6.43 Å². The molecule has 13 heteroatoms. The number of carbonyl (C=O) groups is 1. The van der Waals surface area contributed by atoms with E-state index in [1.807, 2.05) is 6.92 Å². The average Bonchev–Trinajstić information content (AvgIpc) is 3.15. The van der Waals surface area contributed by atoms with Crippen molar-refractivity contribution < 1.29 is 27.4 Å². The molecule has 2 aliphatic carbocycles. The Morgan fingerprint density at radius 3 is 2.97 bits per heavy atom. The van der Waals surface area contributed by atoms with Crippen LogP contribution >= 0.6 is 0 Å². The Labute approximate surface area is 192 Å². The highest BCUT2D eigenvalue weighted by molar-refractivity contribution is 5.69. The third kappa shape index (κ3) is 4.73. The Hall–Kier alpha value is -3.51. The maximum absolute atomic E-state index is 15.1. The zero-order valence-corrected chi connectivity index (χ0v) is 18.3. The molecule has 3 N–H and O–H groups in total. The number of alkyl halides is 3. The number of anilines is 2. The molecule has 2 saturated carbocycles. The summed E-state index contributed by atoms with van der Waals surface area (Å²) in [6, 6.07) is 3.26. The number of alkyl carbamates (subject to hydrolysis) is 1. The number of hydrogen-bond donors (Lipinski definition) is 3. The number of rotatable bonds is 8. The number of fused-ring (bicyclic) bond motifs is 1. The lowest BCUT2D eigenvalue weighted by molar-refractivity contribution is 0.0546. The van der Waals surface area contributed by atoms with E-state index in [0.717, 1.165) is 12.8 Å². The van der Waals surface area contributed by atoms with Gasteiger partial charge in [0.15, 0.2) is 12.4 Å². The molecule has 10 nitrogen and oxygen atoms in total. The first kappa shape index (κ1) is 22.3. The van der Waals surface area contributed by atoms with E-state index in [-0.39, 0.29) is 11.4 Å². The van der Waals surface area contributed by atoms with E-state index in [1.165, 1.54) is 16.8 Å². The first-order chi connectivity index (χ1) is 16.3. The van der Waals surface area contributed by atoms with E-state index < -0.39 is 37.3 Å². The van der Waals surface area contributed by atoms with Gasteiger partial charge in [-0.3, -0.25) is 9.50 Å². The molecular weight excluding hydrogens is 455 g/mol. The van der Waals surface area contributed by atoms with Crippen LogP contribution in [0.25, 0.3) is 5.65 Å². The van der Waals surface area contributed by atoms with E-state index in [1.54, 1.807) is 12.1 Å². The van der Waals surface area contributed by atoms with Crippen molar-refractivity contribution in [3.05, 3.63) is 30.2 Å². The van der Waals surface area contributed by atoms with Crippen LogP contribution in [0.4, 0.5) is 29.7 Å². The van der Waals surface area contributed by atoms with Crippen molar-refractivity contribution in [2.45, 2.75) is 62.8 Å². The quantitative estimate of drug-likeness (QED) is 0.451. The molecule has 34 heavy (non-hydrogen) atoms. The monoisotopic (exact) mass is 479 g/mol. The zero-order valence-electron chi connectivity index (χ0n) is 18.3. The highest BCUT2D eigenvalue weighted by atomic mass is 19.3. The number of nitrogens with one attached hydrogen (secondary N) is 3. The number of carbonyl (C=O) groups excluding carboxylic acids is 1. The summed E-state index contributed by atoms with van der Waals surface area (Å²) in [7, 11) is 0. The molecule has 0 unspecified atom stereocenters. The van der Waals surface area contributed by atoms with Crippen LogP contribution in [-0.2, 0) is 4.74 Å². The number of ether oxygens (including phenoxy) is 2. The molecule has 0 spiro atoms. The van der Waals surface area contributed by atoms with E-state index in [9.17, 15) is 13.6 Å². The maximum Gasteiger partial charge on any atom is 0.407 e. The fourth-order valence-electron chi connectivity index (χ4n) is 4.01. The molecule has 0 radical (unpaired) electrons. The number of aromatic amines is 1. The lowest BCUT2D eigenvalue weighted by atomic mass is 10.0. The Bertz CT molecular complexity index is 1180. The predicted molar refractivity (Wildman–Crippen MR) is 114 cm³/mol. The van der Waals surface area contributed by atoms with Crippen molar-refractivity contribution in [3.63, 3.8) is 0 Å². The van der Waals surface area contributed by atoms with E-state index >= 15 is 4.39 Å². The Morgan fingerprint density at radius 1 is 1.38 bits per heavy atom. The SMILES string of the molecule is CC1(NC(=O)O[C@H]2CC[C@@H](c3cc(Nc4nccc5nc(OCC(F)F)cn45)n[nH]3)[C@H]2F)CC1. The van der Waals surface area contributed by atoms with Crippen LogP contribution < -0.4 is 15.4 Å². The largest absolute Gasteiger partial charge is 0.470 e. The number of halogens is 3. The summed E-state index contributed by atoms with van der Waals surface area (Å²) in [6.07, 6.45) is 0.246. The van der Waals surface area contributed by atoms with E-state index in [4.69, 9.17) is 9.47 Å². The van der Waals surface area contributed by atoms with Crippen molar-refractivity contribution in [3.8, 4) is 5.88 Å². The standard InChI is InChI=1S/C21H24F3N7O3/c1-21(5-6-21)28-20(32)34-13-3-2-11(18(13)24)12-8-15(30-29-12)26-19-25-7-4-16-27-17(9-31(16)19)33-10-14(22)23/h4,7-9,11,13-14,18H,2-3,5-6,10H2,1H3,(H,28,32)(H2,25,26,29,30)/t11-,13-,18+/m0/s1. The van der Waals surface area contributed by atoms with Crippen molar-refractivity contribution in [2.75, 3.05) is 11.9 Å². The molecule has 2 fully saturated rings. The Kier molecular flexibility index (Phi) is 5.70. The smallest absolute Gasteiger partial charge is 0.407 e. The molecule has 3 heterocycles. The van der Waals surface area contributed by atoms with Gasteiger partial charge in [0.05, 0.1) is 6.20 Å². The summed E-state index contributed by atoms with van der Waals surface area (Å²) in [4.78, 5) is 20.4. The summed E-state index contributed by atoms with van der Waals surface area (Å²) < 4.78 is 51.7. The molecule has 0 aliphatic heterocycles. The lowest BCUT2D eigenvalue weighted by Crippen LogP contribution is -2.38. The van der Waals surface area contributed by atoms with Crippen LogP contribution in [0, 0.1) is 0 Å². The Balaban J connectivity index is 1.24. The van der Waals surface area contributed by atoms with Crippen LogP contribution in [0.5, 0.6) is 5.88 Å². The average molecular weight is 479 g/mol. The summed E-state index contributed by atoms with van der Waals surface area (Å²) in [5.41, 5.74) is 0.775. The van der Waals surface area contributed by atoms with Gasteiger partial charge in [-0.1, -0.05) is 0 Å². The van der Waals surface area contributed by atoms with Crippen LogP contribution in [-0.4, -0.2) is 61.5 Å². The number of H-pyrrole nitrogens is 1. The molecular formula is C21H24F3N7O3. The maximum atomic E-state index is 15.1. The molecule has 1 amide bonds. The molecule has 3 atom stereocenters. The first-order valence-corrected chi connectivity index (χ1v) is 11.0. The van der Waals surface area contributed by atoms with Gasteiger partial charge < -0.3 is 20.1 Å². The van der Waals surface area contributed by atoms with Gasteiger partial charge in [-0.2, -0.15) is 10.1 Å². The van der Waals surface area contributed by atoms with Crippen LogP contribution in [0.1, 0.15) is 44.2 Å². The van der Waals surface area contributed by atoms with Gasteiger partial charge in [0.2, 0.25) is 11.8 Å². The van der Waals surface area contributed by atoms with Gasteiger partial charge in [0.1, 0.15) is 17.9 Å². The normalized spacial score (nSPS) is 23.3. The lowest BCUT2D eigenvalue weighted by Gasteiger charge is -2.19. The molecule has 182 valence electrons. The number of hydrogen-bond acceptors (Lipinski definition) is 7. The fourth-order valence-corrected chi connectivity index (χ4v) is 4.01. The second kappa shape index (κ2) is 8.69. The van der Waals surface area contributed by atoms with E-state index in [0.29, 0.717) is 35.9 Å². The summed E-state index contributed by atoms with van der Waals surface area (Å²) in [5.74, 6) is 0.249. The van der Waals surface area contributed by atoms with Crippen LogP contribution in [0.15, 0.2) is 24.5 Å². The summed E-state index contributed by atoms with van der Waals surface area (Å²) in [5, 5.41) is 12.8. The molecule has 0 aromatic carbocycles. The number of aromatic nitrogens is 5. The summed E-state index contributed by atoms with van der Waals surface area (Å²) in [6.45, 7) is 1.16. The fraction of sp³-hybridized carbons (Fsp3) is 0.524. The van der Waals surface area contributed by atoms with Crippen LogP contribution in [0.2, 0.25) is 0 Å². The van der Waals surface area contributed by atoms with Crippen molar-refractivity contribution in [1.29, 1.82) is 0 Å². The zero-order chi connectivity index (χ0) is 23.9. The molecule has 0 bridgehead atoms. The molecule has 5 rings (SSSR count). The van der Waals surface area contributed by atoms with E-state index in [2.05, 4.69) is 30.8 Å². The van der Waals surface area contributed by atoms with Gasteiger partial charge in [0, 0.05) is 29.4 Å². The third-order valence-corrected chi connectivity index (χ3v) is 6.12. The minimum absolute atomic E-state index is 0.0380. The molecule has 0 saturated heterocycles. The highest BCUT2D eigenvalue weighted by Crippen LogP contribution is 2.39. The minimum Gasteiger partial charge on any atom is -0.470 e. The number of amides is 1. The summed E-state index contributed by atoms with van der Waals surface area (Å²) >= 11 is 0. The number of imidazole rings is 1. The van der Waals surface area contributed by atoms with Gasteiger partial charge in [-0.15, -0.1) is 0 Å². The molecule has 3 aromatic rings. The molecule has 2 aliphatic rings.